The number of hydrogen-bond donors (Lipinski definition) is 1. The van der Waals surface area contributed by atoms with Gasteiger partial charge in [0.25, 0.3) is 0 Å². The van der Waals surface area contributed by atoms with Crippen molar-refractivity contribution in [3.63, 3.8) is 0 Å². The van der Waals surface area contributed by atoms with Gasteiger partial charge in [-0.1, -0.05) is 37.8 Å². The van der Waals surface area contributed by atoms with E-state index in [1.165, 1.54) is 24.1 Å². The van der Waals surface area contributed by atoms with Crippen LogP contribution in [0.15, 0.2) is 11.4 Å². The highest BCUT2D eigenvalue weighted by molar-refractivity contribution is 7.10. The Morgan fingerprint density at radius 2 is 2.16 bits per heavy atom. The minimum Gasteiger partial charge on any atom is -0.376 e. The van der Waals surface area contributed by atoms with E-state index in [-0.39, 0.29) is 11.6 Å². The van der Waals surface area contributed by atoms with Gasteiger partial charge in [-0.3, -0.25) is 0 Å². The molecule has 1 aliphatic carbocycles. The topological polar surface area (TPSA) is 21.3 Å². The van der Waals surface area contributed by atoms with E-state index in [0.29, 0.717) is 0 Å². The first-order valence-electron chi connectivity index (χ1n) is 7.25. The summed E-state index contributed by atoms with van der Waals surface area (Å²) >= 11 is 8.11. The zero-order valence-corrected chi connectivity index (χ0v) is 13.4. The number of nitrogens with one attached hydrogen (secondary N) is 1. The molecular weight excluding hydrogens is 278 g/mol. The third-order valence-electron chi connectivity index (χ3n) is 4.14. The molecule has 19 heavy (non-hydrogen) atoms. The van der Waals surface area contributed by atoms with E-state index in [1.54, 1.807) is 11.3 Å². The Labute approximate surface area is 125 Å². The first-order valence-corrected chi connectivity index (χ1v) is 8.50. The van der Waals surface area contributed by atoms with E-state index in [0.717, 1.165) is 30.8 Å². The van der Waals surface area contributed by atoms with Crippen LogP contribution in [0.4, 0.5) is 0 Å². The molecule has 1 saturated carbocycles. The summed E-state index contributed by atoms with van der Waals surface area (Å²) < 4.78 is 6.00. The largest absolute Gasteiger partial charge is 0.376 e. The fourth-order valence-electron chi connectivity index (χ4n) is 3.08. The molecule has 1 fully saturated rings. The molecule has 0 aliphatic heterocycles. The highest BCUT2D eigenvalue weighted by atomic mass is 35.5. The van der Waals surface area contributed by atoms with Crippen LogP contribution < -0.4 is 5.32 Å². The lowest BCUT2D eigenvalue weighted by molar-refractivity contribution is -0.0678. The lowest BCUT2D eigenvalue weighted by Gasteiger charge is -2.42. The second kappa shape index (κ2) is 7.07. The highest BCUT2D eigenvalue weighted by Crippen LogP contribution is 2.44. The first-order chi connectivity index (χ1) is 9.23. The van der Waals surface area contributed by atoms with Crippen LogP contribution in [0.3, 0.4) is 0 Å². The summed E-state index contributed by atoms with van der Waals surface area (Å²) in [6.07, 6.45) is 7.20. The second-order valence-electron chi connectivity index (χ2n) is 5.35. The molecule has 1 aromatic rings. The monoisotopic (exact) mass is 301 g/mol. The fraction of sp³-hybridized carbons (Fsp3) is 0.733. The number of hydrogen-bond acceptors (Lipinski definition) is 3. The molecule has 1 N–H and O–H groups in total. The average Bonchev–Trinajstić information content (AvgIpc) is 2.86. The minimum atomic E-state index is -0.0814. The third-order valence-corrected chi connectivity index (χ3v) is 5.56. The Morgan fingerprint density at radius 1 is 1.42 bits per heavy atom. The average molecular weight is 302 g/mol. The van der Waals surface area contributed by atoms with Gasteiger partial charge < -0.3 is 10.1 Å². The van der Waals surface area contributed by atoms with E-state index in [1.807, 2.05) is 13.2 Å². The van der Waals surface area contributed by atoms with E-state index in [9.17, 15) is 0 Å². The fourth-order valence-corrected chi connectivity index (χ4v) is 4.42. The van der Waals surface area contributed by atoms with Crippen LogP contribution in [0.5, 0.6) is 0 Å². The zero-order chi connectivity index (χ0) is 13.7. The van der Waals surface area contributed by atoms with Crippen molar-refractivity contribution in [3.8, 4) is 0 Å². The van der Waals surface area contributed by atoms with Crippen molar-refractivity contribution < 1.29 is 4.74 Å². The lowest BCUT2D eigenvalue weighted by Crippen LogP contribution is -2.47. The van der Waals surface area contributed by atoms with E-state index >= 15 is 0 Å². The summed E-state index contributed by atoms with van der Waals surface area (Å²) in [5, 5.41) is 6.62. The van der Waals surface area contributed by atoms with Crippen molar-refractivity contribution in [2.24, 2.45) is 0 Å². The van der Waals surface area contributed by atoms with Gasteiger partial charge in [0.2, 0.25) is 0 Å². The summed E-state index contributed by atoms with van der Waals surface area (Å²) in [5.74, 6) is 0. The molecule has 0 spiro atoms. The molecule has 4 heteroatoms. The van der Waals surface area contributed by atoms with Gasteiger partial charge in [-0.15, -0.1) is 11.3 Å². The summed E-state index contributed by atoms with van der Waals surface area (Å²) in [6.45, 7) is 3.20. The Hall–Kier alpha value is -0.0900. The lowest BCUT2D eigenvalue weighted by atomic mass is 9.78. The smallest absolute Gasteiger partial charge is 0.0881 e. The Bertz CT molecular complexity index is 387. The summed E-state index contributed by atoms with van der Waals surface area (Å²) in [4.78, 5) is 1.24. The van der Waals surface area contributed by atoms with Gasteiger partial charge in [0, 0.05) is 12.0 Å². The molecule has 0 saturated heterocycles. The molecule has 0 aromatic carbocycles. The highest BCUT2D eigenvalue weighted by Gasteiger charge is 2.41. The first kappa shape index (κ1) is 15.3. The molecule has 108 valence electrons. The molecule has 1 heterocycles. The van der Waals surface area contributed by atoms with Gasteiger partial charge in [0.05, 0.1) is 16.7 Å². The van der Waals surface area contributed by atoms with Crippen LogP contribution in [-0.4, -0.2) is 19.3 Å². The molecule has 0 radical (unpaired) electrons. The van der Waals surface area contributed by atoms with E-state index < -0.39 is 0 Å². The number of methoxy groups -OCH3 is 1. The number of rotatable bonds is 6. The van der Waals surface area contributed by atoms with Crippen molar-refractivity contribution >= 4 is 22.9 Å². The van der Waals surface area contributed by atoms with Gasteiger partial charge in [-0.05, 0) is 37.3 Å². The predicted octanol–water partition coefficient (Wildman–Crippen LogP) is 4.79. The molecule has 1 aromatic heterocycles. The van der Waals surface area contributed by atoms with Crippen molar-refractivity contribution in [3.05, 3.63) is 21.3 Å². The Morgan fingerprint density at radius 3 is 2.68 bits per heavy atom. The van der Waals surface area contributed by atoms with Crippen LogP contribution in [0, 0.1) is 0 Å². The normalized spacial score (nSPS) is 20.4. The van der Waals surface area contributed by atoms with Crippen LogP contribution in [0.2, 0.25) is 5.02 Å². The van der Waals surface area contributed by atoms with E-state index in [4.69, 9.17) is 16.3 Å². The SMILES string of the molecule is CCCNC(c1sccc1Cl)C1(OC)CCCCC1. The maximum absolute atomic E-state index is 6.37. The maximum Gasteiger partial charge on any atom is 0.0881 e. The molecule has 0 bridgehead atoms. The molecular formula is C15H24ClNOS. The summed E-state index contributed by atoms with van der Waals surface area (Å²) in [6, 6.07) is 2.22. The van der Waals surface area contributed by atoms with Crippen LogP contribution in [0.25, 0.3) is 0 Å². The van der Waals surface area contributed by atoms with Crippen LogP contribution in [0.1, 0.15) is 56.4 Å². The molecule has 1 aliphatic rings. The third kappa shape index (κ3) is 3.33. The standard InChI is InChI=1S/C15H24ClNOS/c1-3-10-17-14(13-12(16)7-11-19-13)15(18-2)8-5-4-6-9-15/h7,11,14,17H,3-6,8-10H2,1-2H3. The molecule has 0 amide bonds. The van der Waals surface area contributed by atoms with Gasteiger partial charge in [-0.25, -0.2) is 0 Å². The molecule has 2 nitrogen and oxygen atoms in total. The van der Waals surface area contributed by atoms with Crippen molar-refractivity contribution in [2.75, 3.05) is 13.7 Å². The quantitative estimate of drug-likeness (QED) is 0.815. The van der Waals surface area contributed by atoms with Crippen molar-refractivity contribution in [2.45, 2.75) is 57.1 Å². The summed E-state index contributed by atoms with van der Waals surface area (Å²) in [5.41, 5.74) is -0.0814. The van der Waals surface area contributed by atoms with Crippen molar-refractivity contribution in [1.29, 1.82) is 0 Å². The number of thiophene rings is 1. The van der Waals surface area contributed by atoms with Crippen molar-refractivity contribution in [1.82, 2.24) is 5.32 Å². The maximum atomic E-state index is 6.37. The molecule has 1 atom stereocenters. The minimum absolute atomic E-state index is 0.0814. The second-order valence-corrected chi connectivity index (χ2v) is 6.70. The number of ether oxygens (including phenoxy) is 1. The summed E-state index contributed by atoms with van der Waals surface area (Å²) in [7, 11) is 1.85. The van der Waals surface area contributed by atoms with Gasteiger partial charge in [0.1, 0.15) is 0 Å². The molecule has 2 rings (SSSR count). The van der Waals surface area contributed by atoms with Crippen LogP contribution in [-0.2, 0) is 4.74 Å². The van der Waals surface area contributed by atoms with Gasteiger partial charge >= 0.3 is 0 Å². The predicted molar refractivity (Wildman–Crippen MR) is 83.2 cm³/mol. The number of halogens is 1. The Balaban J connectivity index is 2.27. The zero-order valence-electron chi connectivity index (χ0n) is 11.9. The van der Waals surface area contributed by atoms with E-state index in [2.05, 4.69) is 17.6 Å². The van der Waals surface area contributed by atoms with Crippen LogP contribution >= 0.6 is 22.9 Å². The molecule has 1 unspecified atom stereocenters. The van der Waals surface area contributed by atoms with Gasteiger partial charge in [-0.2, -0.15) is 0 Å². The Kier molecular flexibility index (Phi) is 5.70. The van der Waals surface area contributed by atoms with Gasteiger partial charge in [0.15, 0.2) is 0 Å².